The molecular weight excluding hydrogens is 318 g/mol. The summed E-state index contributed by atoms with van der Waals surface area (Å²) in [5.74, 6) is 0.0849. The molecule has 1 aromatic rings. The Balaban J connectivity index is 2.32. The van der Waals surface area contributed by atoms with Crippen molar-refractivity contribution in [3.05, 3.63) is 34.3 Å². The summed E-state index contributed by atoms with van der Waals surface area (Å²) in [5.41, 5.74) is 7.51. The average Bonchev–Trinajstić information content (AvgIpc) is 2.45. The molecule has 1 heterocycles. The van der Waals surface area contributed by atoms with Crippen LogP contribution in [0, 0.1) is 0 Å². The van der Waals surface area contributed by atoms with E-state index in [0.717, 1.165) is 17.4 Å². The fourth-order valence-corrected chi connectivity index (χ4v) is 3.01. The summed E-state index contributed by atoms with van der Waals surface area (Å²) in [5, 5.41) is 2.91. The smallest absolute Gasteiger partial charge is 0.237 e. The first kappa shape index (κ1) is 15.5. The molecule has 0 spiro atoms. The lowest BCUT2D eigenvalue weighted by atomic mass is 9.94. The maximum atomic E-state index is 11.9. The molecule has 1 aliphatic rings. The van der Waals surface area contributed by atoms with Gasteiger partial charge < -0.3 is 11.1 Å². The number of piperazine rings is 1. The molecule has 1 fully saturated rings. The highest BCUT2D eigenvalue weighted by atomic mass is 79.9. The first-order chi connectivity index (χ1) is 9.54. The van der Waals surface area contributed by atoms with Crippen molar-refractivity contribution in [3.8, 4) is 0 Å². The summed E-state index contributed by atoms with van der Waals surface area (Å²) >= 11 is 3.46. The van der Waals surface area contributed by atoms with Gasteiger partial charge in [0.05, 0.1) is 12.1 Å². The fraction of sp³-hybridized carbons (Fsp3) is 0.533. The minimum atomic E-state index is -0.144. The number of rotatable bonds is 4. The van der Waals surface area contributed by atoms with Crippen molar-refractivity contribution in [2.24, 2.45) is 5.73 Å². The van der Waals surface area contributed by atoms with Crippen LogP contribution in [0.1, 0.15) is 31.9 Å². The highest BCUT2D eigenvalue weighted by molar-refractivity contribution is 9.10. The van der Waals surface area contributed by atoms with Crippen molar-refractivity contribution in [2.45, 2.75) is 38.4 Å². The quantitative estimate of drug-likeness (QED) is 0.882. The van der Waals surface area contributed by atoms with Crippen LogP contribution in [0.15, 0.2) is 28.7 Å². The normalized spacial score (nSPS) is 23.2. The molecule has 2 rings (SSSR count). The number of carbonyl (C=O) groups excluding carboxylic acids is 1. The van der Waals surface area contributed by atoms with Crippen LogP contribution < -0.4 is 11.1 Å². The highest BCUT2D eigenvalue weighted by Crippen LogP contribution is 2.29. The average molecular weight is 340 g/mol. The molecule has 0 aliphatic carbocycles. The minimum absolute atomic E-state index is 0.0181. The van der Waals surface area contributed by atoms with Crippen molar-refractivity contribution in [1.29, 1.82) is 0 Å². The van der Waals surface area contributed by atoms with Gasteiger partial charge in [-0.15, -0.1) is 0 Å². The summed E-state index contributed by atoms with van der Waals surface area (Å²) in [7, 11) is 0. The van der Waals surface area contributed by atoms with Crippen molar-refractivity contribution in [2.75, 3.05) is 13.1 Å². The Kier molecular flexibility index (Phi) is 5.18. The maximum Gasteiger partial charge on any atom is 0.237 e. The van der Waals surface area contributed by atoms with Crippen molar-refractivity contribution in [1.82, 2.24) is 10.2 Å². The number of benzene rings is 1. The SMILES string of the molecule is CCC(N)C(c1ccc(Br)cc1)N1CCNC(=O)C1C. The lowest BCUT2D eigenvalue weighted by Crippen LogP contribution is -2.57. The maximum absolute atomic E-state index is 11.9. The van der Waals surface area contributed by atoms with Crippen LogP contribution in [0.25, 0.3) is 0 Å². The number of halogens is 1. The molecule has 1 saturated heterocycles. The third-order valence-corrected chi connectivity index (χ3v) is 4.52. The van der Waals surface area contributed by atoms with Gasteiger partial charge in [0.2, 0.25) is 5.91 Å². The molecule has 1 aliphatic heterocycles. The molecular formula is C15H22BrN3O. The molecule has 1 amide bonds. The van der Waals surface area contributed by atoms with E-state index in [9.17, 15) is 4.79 Å². The highest BCUT2D eigenvalue weighted by Gasteiger charge is 2.34. The zero-order valence-electron chi connectivity index (χ0n) is 12.0. The standard InChI is InChI=1S/C15H22BrN3O/c1-3-13(17)14(11-4-6-12(16)7-5-11)19-9-8-18-15(20)10(19)2/h4-7,10,13-14H,3,8-9,17H2,1-2H3,(H,18,20). The number of nitrogens with one attached hydrogen (secondary N) is 1. The van der Waals surface area contributed by atoms with Gasteiger partial charge in [-0.25, -0.2) is 0 Å². The predicted octanol–water partition coefficient (Wildman–Crippen LogP) is 2.05. The van der Waals surface area contributed by atoms with E-state index in [1.165, 1.54) is 5.56 Å². The predicted molar refractivity (Wildman–Crippen MR) is 84.3 cm³/mol. The third-order valence-electron chi connectivity index (χ3n) is 3.99. The van der Waals surface area contributed by atoms with Gasteiger partial charge in [0.15, 0.2) is 0 Å². The van der Waals surface area contributed by atoms with Gasteiger partial charge in [-0.1, -0.05) is 35.0 Å². The second-order valence-corrected chi connectivity index (χ2v) is 6.19. The Morgan fingerprint density at radius 3 is 2.70 bits per heavy atom. The Morgan fingerprint density at radius 1 is 1.45 bits per heavy atom. The second kappa shape index (κ2) is 6.70. The largest absolute Gasteiger partial charge is 0.353 e. The molecule has 0 bridgehead atoms. The van der Waals surface area contributed by atoms with E-state index in [4.69, 9.17) is 5.73 Å². The first-order valence-electron chi connectivity index (χ1n) is 7.09. The number of nitrogens with zero attached hydrogens (tertiary/aromatic N) is 1. The van der Waals surface area contributed by atoms with Crippen molar-refractivity contribution < 1.29 is 4.79 Å². The summed E-state index contributed by atoms with van der Waals surface area (Å²) in [4.78, 5) is 14.1. The van der Waals surface area contributed by atoms with Crippen LogP contribution in [0.3, 0.4) is 0 Å². The Bertz CT molecular complexity index is 463. The van der Waals surface area contributed by atoms with Gasteiger partial charge in [0.1, 0.15) is 0 Å². The number of hydrogen-bond acceptors (Lipinski definition) is 3. The van der Waals surface area contributed by atoms with E-state index in [-0.39, 0.29) is 24.0 Å². The monoisotopic (exact) mass is 339 g/mol. The molecule has 4 nitrogen and oxygen atoms in total. The zero-order valence-corrected chi connectivity index (χ0v) is 13.6. The Labute approximate surface area is 128 Å². The van der Waals surface area contributed by atoms with E-state index in [2.05, 4.69) is 45.2 Å². The summed E-state index contributed by atoms with van der Waals surface area (Å²) in [6.07, 6.45) is 0.881. The van der Waals surface area contributed by atoms with E-state index < -0.39 is 0 Å². The number of nitrogens with two attached hydrogens (primary N) is 1. The molecule has 0 aromatic heterocycles. The minimum Gasteiger partial charge on any atom is -0.353 e. The van der Waals surface area contributed by atoms with Gasteiger partial charge in [0, 0.05) is 23.6 Å². The molecule has 0 radical (unpaired) electrons. The number of carbonyl (C=O) groups is 1. The van der Waals surface area contributed by atoms with Crippen LogP contribution in [-0.2, 0) is 4.79 Å². The van der Waals surface area contributed by atoms with Gasteiger partial charge >= 0.3 is 0 Å². The lowest BCUT2D eigenvalue weighted by molar-refractivity contribution is -0.129. The van der Waals surface area contributed by atoms with Gasteiger partial charge in [0.25, 0.3) is 0 Å². The summed E-state index contributed by atoms with van der Waals surface area (Å²) in [6, 6.07) is 8.18. The summed E-state index contributed by atoms with van der Waals surface area (Å²) < 4.78 is 1.05. The number of amides is 1. The van der Waals surface area contributed by atoms with Crippen molar-refractivity contribution in [3.63, 3.8) is 0 Å². The molecule has 3 atom stereocenters. The van der Waals surface area contributed by atoms with Crippen LogP contribution in [-0.4, -0.2) is 36.0 Å². The van der Waals surface area contributed by atoms with Crippen LogP contribution in [0.2, 0.25) is 0 Å². The van der Waals surface area contributed by atoms with Crippen LogP contribution >= 0.6 is 15.9 Å². The van der Waals surface area contributed by atoms with Gasteiger partial charge in [-0.2, -0.15) is 0 Å². The zero-order chi connectivity index (χ0) is 14.7. The summed E-state index contributed by atoms with van der Waals surface area (Å²) in [6.45, 7) is 5.56. The number of hydrogen-bond donors (Lipinski definition) is 2. The van der Waals surface area contributed by atoms with E-state index >= 15 is 0 Å². The third kappa shape index (κ3) is 3.22. The van der Waals surface area contributed by atoms with Gasteiger partial charge in [-0.05, 0) is 31.0 Å². The topological polar surface area (TPSA) is 58.4 Å². The van der Waals surface area contributed by atoms with Gasteiger partial charge in [-0.3, -0.25) is 9.69 Å². The Hall–Kier alpha value is -0.910. The van der Waals surface area contributed by atoms with E-state index in [1.807, 2.05) is 19.1 Å². The van der Waals surface area contributed by atoms with Crippen LogP contribution in [0.5, 0.6) is 0 Å². The van der Waals surface area contributed by atoms with E-state index in [0.29, 0.717) is 6.54 Å². The molecule has 20 heavy (non-hydrogen) atoms. The second-order valence-electron chi connectivity index (χ2n) is 5.27. The molecule has 110 valence electrons. The molecule has 5 heteroatoms. The molecule has 3 N–H and O–H groups in total. The van der Waals surface area contributed by atoms with E-state index in [1.54, 1.807) is 0 Å². The first-order valence-corrected chi connectivity index (χ1v) is 7.88. The lowest BCUT2D eigenvalue weighted by Gasteiger charge is -2.41. The molecule has 3 unspecified atom stereocenters. The molecule has 0 saturated carbocycles. The Morgan fingerprint density at radius 2 is 2.10 bits per heavy atom. The fourth-order valence-electron chi connectivity index (χ4n) is 2.75. The molecule has 1 aromatic carbocycles. The van der Waals surface area contributed by atoms with Crippen LogP contribution in [0.4, 0.5) is 0 Å². The van der Waals surface area contributed by atoms with Crippen molar-refractivity contribution >= 4 is 21.8 Å².